The van der Waals surface area contributed by atoms with Crippen LogP contribution in [0.2, 0.25) is 0 Å². The highest BCUT2D eigenvalue weighted by atomic mass is 16.2. The van der Waals surface area contributed by atoms with Crippen LogP contribution < -0.4 is 11.1 Å². The van der Waals surface area contributed by atoms with Crippen LogP contribution in [0.5, 0.6) is 0 Å². The molecule has 0 saturated carbocycles. The van der Waals surface area contributed by atoms with Crippen LogP contribution in [0.25, 0.3) is 0 Å². The predicted molar refractivity (Wildman–Crippen MR) is 70.0 cm³/mol. The number of piperidine rings is 1. The van der Waals surface area contributed by atoms with Crippen LogP contribution in [-0.4, -0.2) is 40.4 Å². The van der Waals surface area contributed by atoms with E-state index in [1.54, 1.807) is 12.4 Å². The molecule has 1 aromatic heterocycles. The summed E-state index contributed by atoms with van der Waals surface area (Å²) in [5.74, 6) is 1.11. The number of nitrogens with one attached hydrogen (secondary N) is 1. The second-order valence-electron chi connectivity index (χ2n) is 4.41. The number of nitrogen functional groups attached to an aromatic ring is 1. The first kappa shape index (κ1) is 12.6. The molecule has 6 heteroatoms. The van der Waals surface area contributed by atoms with Crippen LogP contribution in [0.4, 0.5) is 11.6 Å². The maximum atomic E-state index is 11.9. The molecular formula is C12H19N5O. The molecule has 1 saturated heterocycles. The molecule has 2 heterocycles. The van der Waals surface area contributed by atoms with Crippen LogP contribution in [0.15, 0.2) is 12.4 Å². The van der Waals surface area contributed by atoms with Crippen molar-refractivity contribution in [3.8, 4) is 0 Å². The monoisotopic (exact) mass is 249 g/mol. The quantitative estimate of drug-likeness (QED) is 0.827. The number of carbonyl (C=O) groups excluding carboxylic acids is 1. The van der Waals surface area contributed by atoms with E-state index in [2.05, 4.69) is 15.3 Å². The number of likely N-dealkylation sites (tertiary alicyclic amines) is 1. The molecule has 0 atom stereocenters. The summed E-state index contributed by atoms with van der Waals surface area (Å²) >= 11 is 0. The number of anilines is 2. The van der Waals surface area contributed by atoms with E-state index in [1.165, 1.54) is 6.42 Å². The Labute approximate surface area is 107 Å². The van der Waals surface area contributed by atoms with Crippen molar-refractivity contribution in [2.45, 2.75) is 25.7 Å². The zero-order valence-corrected chi connectivity index (χ0v) is 10.4. The van der Waals surface area contributed by atoms with Gasteiger partial charge in [-0.2, -0.15) is 0 Å². The Morgan fingerprint density at radius 2 is 2.00 bits per heavy atom. The summed E-state index contributed by atoms with van der Waals surface area (Å²) in [4.78, 5) is 21.8. The fourth-order valence-corrected chi connectivity index (χ4v) is 2.07. The third-order valence-corrected chi connectivity index (χ3v) is 3.07. The number of rotatable bonds is 4. The number of hydrogen-bond acceptors (Lipinski definition) is 5. The average molecular weight is 249 g/mol. The highest BCUT2D eigenvalue weighted by molar-refractivity contribution is 5.76. The number of nitrogens with zero attached hydrogens (tertiary/aromatic N) is 3. The van der Waals surface area contributed by atoms with Gasteiger partial charge in [-0.25, -0.2) is 9.97 Å². The molecule has 1 aliphatic heterocycles. The second kappa shape index (κ2) is 6.18. The van der Waals surface area contributed by atoms with Gasteiger partial charge in [0.1, 0.15) is 0 Å². The van der Waals surface area contributed by atoms with E-state index in [1.807, 2.05) is 4.90 Å². The van der Waals surface area contributed by atoms with Crippen LogP contribution in [0.1, 0.15) is 25.7 Å². The standard InChI is InChI=1S/C12H19N5O/c13-11-12(16-7-6-14-11)15-5-4-10(18)17-8-2-1-3-9-17/h6-7H,1-5,8-9H2,(H2,13,14)(H,15,16). The third kappa shape index (κ3) is 3.32. The lowest BCUT2D eigenvalue weighted by atomic mass is 10.1. The lowest BCUT2D eigenvalue weighted by molar-refractivity contribution is -0.131. The first-order chi connectivity index (χ1) is 8.77. The van der Waals surface area contributed by atoms with Crippen molar-refractivity contribution in [2.75, 3.05) is 30.7 Å². The van der Waals surface area contributed by atoms with Gasteiger partial charge in [-0.15, -0.1) is 0 Å². The minimum absolute atomic E-state index is 0.199. The molecule has 6 nitrogen and oxygen atoms in total. The summed E-state index contributed by atoms with van der Waals surface area (Å²) in [5.41, 5.74) is 5.65. The maximum absolute atomic E-state index is 11.9. The molecule has 2 rings (SSSR count). The fourth-order valence-electron chi connectivity index (χ4n) is 2.07. The number of hydrogen-bond donors (Lipinski definition) is 2. The summed E-state index contributed by atoms with van der Waals surface area (Å²) < 4.78 is 0. The van der Waals surface area contributed by atoms with Crippen LogP contribution in [0, 0.1) is 0 Å². The number of carbonyl (C=O) groups is 1. The number of nitrogens with two attached hydrogens (primary N) is 1. The molecule has 0 radical (unpaired) electrons. The maximum Gasteiger partial charge on any atom is 0.224 e. The summed E-state index contributed by atoms with van der Waals surface area (Å²) in [6.45, 7) is 2.33. The summed E-state index contributed by atoms with van der Waals surface area (Å²) in [7, 11) is 0. The van der Waals surface area contributed by atoms with Crippen molar-refractivity contribution in [2.24, 2.45) is 0 Å². The van der Waals surface area contributed by atoms with E-state index in [0.717, 1.165) is 25.9 Å². The van der Waals surface area contributed by atoms with Gasteiger partial charge < -0.3 is 16.0 Å². The smallest absolute Gasteiger partial charge is 0.224 e. The zero-order valence-electron chi connectivity index (χ0n) is 10.4. The molecule has 1 amide bonds. The molecule has 98 valence electrons. The molecular weight excluding hydrogens is 230 g/mol. The molecule has 3 N–H and O–H groups in total. The van der Waals surface area contributed by atoms with Crippen LogP contribution >= 0.6 is 0 Å². The third-order valence-electron chi connectivity index (χ3n) is 3.07. The van der Waals surface area contributed by atoms with Gasteiger partial charge in [0, 0.05) is 38.4 Å². The SMILES string of the molecule is Nc1nccnc1NCCC(=O)N1CCCCC1. The highest BCUT2D eigenvalue weighted by Crippen LogP contribution is 2.11. The van der Waals surface area contributed by atoms with E-state index in [-0.39, 0.29) is 5.91 Å². The molecule has 0 unspecified atom stereocenters. The Morgan fingerprint density at radius 3 is 2.72 bits per heavy atom. The lowest BCUT2D eigenvalue weighted by Gasteiger charge is -2.26. The second-order valence-corrected chi connectivity index (χ2v) is 4.41. The first-order valence-corrected chi connectivity index (χ1v) is 6.35. The van der Waals surface area contributed by atoms with Crippen molar-refractivity contribution in [1.82, 2.24) is 14.9 Å². The Kier molecular flexibility index (Phi) is 4.33. The van der Waals surface area contributed by atoms with E-state index >= 15 is 0 Å². The van der Waals surface area contributed by atoms with Crippen LogP contribution in [-0.2, 0) is 4.79 Å². The van der Waals surface area contributed by atoms with E-state index in [0.29, 0.717) is 24.6 Å². The summed E-state index contributed by atoms with van der Waals surface area (Å²) in [6, 6.07) is 0. The largest absolute Gasteiger partial charge is 0.381 e. The molecule has 18 heavy (non-hydrogen) atoms. The fraction of sp³-hybridized carbons (Fsp3) is 0.583. The van der Waals surface area contributed by atoms with Gasteiger partial charge in [-0.3, -0.25) is 4.79 Å². The zero-order chi connectivity index (χ0) is 12.8. The van der Waals surface area contributed by atoms with Gasteiger partial charge in [0.25, 0.3) is 0 Å². The summed E-state index contributed by atoms with van der Waals surface area (Å²) in [6.07, 6.45) is 7.06. The molecule has 0 aromatic carbocycles. The highest BCUT2D eigenvalue weighted by Gasteiger charge is 2.15. The molecule has 1 aliphatic rings. The van der Waals surface area contributed by atoms with Gasteiger partial charge in [0.15, 0.2) is 11.6 Å². The Bertz CT molecular complexity index is 403. The molecule has 0 aliphatic carbocycles. The summed E-state index contributed by atoms with van der Waals surface area (Å²) in [5, 5.41) is 3.04. The van der Waals surface area contributed by atoms with Crippen molar-refractivity contribution in [3.63, 3.8) is 0 Å². The molecule has 1 aromatic rings. The van der Waals surface area contributed by atoms with Crippen molar-refractivity contribution < 1.29 is 4.79 Å². The van der Waals surface area contributed by atoms with Gasteiger partial charge in [-0.05, 0) is 19.3 Å². The number of aromatic nitrogens is 2. The Hall–Kier alpha value is -1.85. The molecule has 0 bridgehead atoms. The van der Waals surface area contributed by atoms with Gasteiger partial charge in [0.05, 0.1) is 0 Å². The number of amides is 1. The normalized spacial score (nSPS) is 15.4. The Morgan fingerprint density at radius 1 is 1.28 bits per heavy atom. The minimum atomic E-state index is 0.199. The minimum Gasteiger partial charge on any atom is -0.381 e. The molecule has 0 spiro atoms. The van der Waals surface area contributed by atoms with Gasteiger partial charge in [-0.1, -0.05) is 0 Å². The predicted octanol–water partition coefficient (Wildman–Crippen LogP) is 0.873. The topological polar surface area (TPSA) is 84.1 Å². The van der Waals surface area contributed by atoms with Gasteiger partial charge >= 0.3 is 0 Å². The van der Waals surface area contributed by atoms with E-state index in [4.69, 9.17) is 5.73 Å². The van der Waals surface area contributed by atoms with Crippen molar-refractivity contribution in [3.05, 3.63) is 12.4 Å². The van der Waals surface area contributed by atoms with Gasteiger partial charge in [0.2, 0.25) is 5.91 Å². The van der Waals surface area contributed by atoms with Crippen LogP contribution in [0.3, 0.4) is 0 Å². The lowest BCUT2D eigenvalue weighted by Crippen LogP contribution is -2.36. The average Bonchev–Trinajstić information content (AvgIpc) is 2.42. The molecule has 1 fully saturated rings. The van der Waals surface area contributed by atoms with Crippen molar-refractivity contribution in [1.29, 1.82) is 0 Å². The van der Waals surface area contributed by atoms with Crippen molar-refractivity contribution >= 4 is 17.5 Å². The Balaban J connectivity index is 1.75. The first-order valence-electron chi connectivity index (χ1n) is 6.35. The van der Waals surface area contributed by atoms with E-state index < -0.39 is 0 Å². The van der Waals surface area contributed by atoms with E-state index in [9.17, 15) is 4.79 Å².